The highest BCUT2D eigenvalue weighted by molar-refractivity contribution is 7.20. The van der Waals surface area contributed by atoms with E-state index >= 15 is 0 Å². The molecule has 7 nitrogen and oxygen atoms in total. The molecule has 0 unspecified atom stereocenters. The summed E-state index contributed by atoms with van der Waals surface area (Å²) in [5, 5.41) is 16.6. The number of rotatable bonds is 8. The maximum Gasteiger partial charge on any atom is 0.236 e. The number of ether oxygens (including phenoxy) is 1. The molecule has 1 aliphatic carbocycles. The molecular formula is C22H29N5O2S. The number of unbranched alkanes of at least 4 members (excludes halogenated alkanes) is 1. The van der Waals surface area contributed by atoms with Gasteiger partial charge in [0.05, 0.1) is 6.61 Å². The molecule has 0 spiro atoms. The lowest BCUT2D eigenvalue weighted by atomic mass is 9.79. The van der Waals surface area contributed by atoms with Crippen LogP contribution < -0.4 is 10.1 Å². The maximum absolute atomic E-state index is 12.7. The van der Waals surface area contributed by atoms with Crippen LogP contribution in [0.3, 0.4) is 0 Å². The van der Waals surface area contributed by atoms with Crippen LogP contribution in [-0.2, 0) is 4.79 Å². The van der Waals surface area contributed by atoms with Crippen LogP contribution in [0.2, 0.25) is 0 Å². The third-order valence-corrected chi connectivity index (χ3v) is 6.64. The summed E-state index contributed by atoms with van der Waals surface area (Å²) in [6, 6.07) is 7.70. The predicted octanol–water partition coefficient (Wildman–Crippen LogP) is 5.19. The topological polar surface area (TPSA) is 81.4 Å². The number of hydrogen-bond donors (Lipinski definition) is 1. The van der Waals surface area contributed by atoms with Gasteiger partial charge in [0.2, 0.25) is 16.0 Å². The minimum atomic E-state index is 0.0801. The van der Waals surface area contributed by atoms with Crippen molar-refractivity contribution in [1.82, 2.24) is 19.8 Å². The Kier molecular flexibility index (Phi) is 6.62. The first-order chi connectivity index (χ1) is 14.7. The first-order valence-electron chi connectivity index (χ1n) is 10.9. The zero-order valence-corrected chi connectivity index (χ0v) is 18.5. The van der Waals surface area contributed by atoms with Crippen LogP contribution in [0.25, 0.3) is 16.3 Å². The van der Waals surface area contributed by atoms with Crippen molar-refractivity contribution in [3.8, 4) is 17.1 Å². The molecule has 1 fully saturated rings. The highest BCUT2D eigenvalue weighted by Crippen LogP contribution is 2.33. The largest absolute Gasteiger partial charge is 0.494 e. The van der Waals surface area contributed by atoms with Crippen molar-refractivity contribution < 1.29 is 9.53 Å². The molecule has 8 heteroatoms. The van der Waals surface area contributed by atoms with Crippen LogP contribution >= 0.6 is 11.3 Å². The van der Waals surface area contributed by atoms with Gasteiger partial charge in [0.15, 0.2) is 5.82 Å². The number of fused-ring (bicyclic) bond motifs is 1. The molecule has 0 bridgehead atoms. The minimum absolute atomic E-state index is 0.0801. The van der Waals surface area contributed by atoms with E-state index in [2.05, 4.69) is 27.5 Å². The lowest BCUT2D eigenvalue weighted by Gasteiger charge is -2.27. The molecule has 0 saturated heterocycles. The van der Waals surface area contributed by atoms with E-state index in [1.807, 2.05) is 31.2 Å². The number of anilines is 1. The van der Waals surface area contributed by atoms with Gasteiger partial charge in [0.25, 0.3) is 0 Å². The third-order valence-electron chi connectivity index (χ3n) is 5.83. The highest BCUT2D eigenvalue weighted by Gasteiger charge is 2.27. The van der Waals surface area contributed by atoms with Crippen molar-refractivity contribution in [2.45, 2.75) is 58.8 Å². The highest BCUT2D eigenvalue weighted by atomic mass is 32.1. The van der Waals surface area contributed by atoms with E-state index in [1.54, 1.807) is 4.52 Å². The van der Waals surface area contributed by atoms with Gasteiger partial charge >= 0.3 is 0 Å². The van der Waals surface area contributed by atoms with Crippen molar-refractivity contribution >= 4 is 27.3 Å². The van der Waals surface area contributed by atoms with Gasteiger partial charge in [0, 0.05) is 11.5 Å². The maximum atomic E-state index is 12.7. The van der Waals surface area contributed by atoms with Gasteiger partial charge in [-0.05, 0) is 62.8 Å². The minimum Gasteiger partial charge on any atom is -0.494 e. The number of carbonyl (C=O) groups excluding carboxylic acids is 1. The predicted molar refractivity (Wildman–Crippen MR) is 119 cm³/mol. The number of amides is 1. The second kappa shape index (κ2) is 9.55. The molecule has 1 amide bonds. The first-order valence-corrected chi connectivity index (χ1v) is 11.8. The van der Waals surface area contributed by atoms with Crippen LogP contribution in [0, 0.1) is 11.8 Å². The Labute approximate surface area is 180 Å². The Balaban J connectivity index is 1.40. The second-order valence-corrected chi connectivity index (χ2v) is 8.89. The number of aromatic nitrogens is 4. The molecule has 1 aliphatic rings. The van der Waals surface area contributed by atoms with E-state index in [9.17, 15) is 4.79 Å². The summed E-state index contributed by atoms with van der Waals surface area (Å²) in [7, 11) is 0. The zero-order chi connectivity index (χ0) is 20.9. The van der Waals surface area contributed by atoms with Crippen LogP contribution in [0.1, 0.15) is 58.8 Å². The summed E-state index contributed by atoms with van der Waals surface area (Å²) in [5.74, 6) is 2.43. The van der Waals surface area contributed by atoms with E-state index in [4.69, 9.17) is 4.74 Å². The molecule has 4 rings (SSSR count). The Morgan fingerprint density at radius 1 is 1.17 bits per heavy atom. The summed E-state index contributed by atoms with van der Waals surface area (Å²) >= 11 is 1.35. The molecule has 0 radical (unpaired) electrons. The Morgan fingerprint density at radius 2 is 1.93 bits per heavy atom. The Bertz CT molecular complexity index is 973. The Morgan fingerprint density at radius 3 is 2.63 bits per heavy atom. The summed E-state index contributed by atoms with van der Waals surface area (Å²) in [6.07, 6.45) is 8.11. The molecular weight excluding hydrogens is 398 g/mol. The zero-order valence-electron chi connectivity index (χ0n) is 17.6. The van der Waals surface area contributed by atoms with Gasteiger partial charge in [-0.3, -0.25) is 4.79 Å². The van der Waals surface area contributed by atoms with E-state index in [1.165, 1.54) is 30.6 Å². The number of benzene rings is 1. The molecule has 1 aromatic carbocycles. The quantitative estimate of drug-likeness (QED) is 0.535. The van der Waals surface area contributed by atoms with Crippen molar-refractivity contribution in [2.75, 3.05) is 11.9 Å². The van der Waals surface area contributed by atoms with Crippen LogP contribution in [-0.4, -0.2) is 32.3 Å². The van der Waals surface area contributed by atoms with Crippen molar-refractivity contribution in [3.63, 3.8) is 0 Å². The van der Waals surface area contributed by atoms with Crippen molar-refractivity contribution in [1.29, 1.82) is 0 Å². The Hall–Kier alpha value is -2.48. The SMILES string of the molecule is CCCCC1CCC(C(=O)Nc2nn3c(-c4ccc(OCC)cc4)nnc3s2)CC1. The molecule has 3 aromatic rings. The van der Waals surface area contributed by atoms with E-state index in [0.717, 1.165) is 42.9 Å². The van der Waals surface area contributed by atoms with Gasteiger partial charge in [-0.2, -0.15) is 4.52 Å². The van der Waals surface area contributed by atoms with Crippen LogP contribution in [0.5, 0.6) is 5.75 Å². The van der Waals surface area contributed by atoms with Gasteiger partial charge < -0.3 is 10.1 Å². The third kappa shape index (κ3) is 4.64. The molecule has 2 heterocycles. The number of nitrogens with one attached hydrogen (secondary N) is 1. The monoisotopic (exact) mass is 427 g/mol. The molecule has 2 aromatic heterocycles. The molecule has 160 valence electrons. The van der Waals surface area contributed by atoms with Crippen LogP contribution in [0.15, 0.2) is 24.3 Å². The first kappa shape index (κ1) is 20.8. The molecule has 0 aliphatic heterocycles. The fourth-order valence-corrected chi connectivity index (χ4v) is 4.87. The average molecular weight is 428 g/mol. The number of nitrogens with zero attached hydrogens (tertiary/aromatic N) is 4. The van der Waals surface area contributed by atoms with E-state index < -0.39 is 0 Å². The average Bonchev–Trinajstić information content (AvgIpc) is 3.33. The van der Waals surface area contributed by atoms with E-state index in [0.29, 0.717) is 22.5 Å². The van der Waals surface area contributed by atoms with Gasteiger partial charge in [-0.15, -0.1) is 15.3 Å². The molecule has 30 heavy (non-hydrogen) atoms. The summed E-state index contributed by atoms with van der Waals surface area (Å²) in [5.41, 5.74) is 0.902. The summed E-state index contributed by atoms with van der Waals surface area (Å²) in [6.45, 7) is 4.82. The second-order valence-electron chi connectivity index (χ2n) is 7.93. The van der Waals surface area contributed by atoms with Crippen molar-refractivity contribution in [3.05, 3.63) is 24.3 Å². The van der Waals surface area contributed by atoms with E-state index in [-0.39, 0.29) is 11.8 Å². The standard InChI is InChI=1S/C22H29N5O2S/c1-3-5-6-15-7-9-17(10-8-15)20(28)23-21-26-27-19(24-25-22(27)30-21)16-11-13-18(14-12-16)29-4-2/h11-15,17H,3-10H2,1-2H3,(H,23,26,28). The fourth-order valence-electron chi connectivity index (χ4n) is 4.13. The van der Waals surface area contributed by atoms with Crippen molar-refractivity contribution in [2.24, 2.45) is 11.8 Å². The lowest BCUT2D eigenvalue weighted by molar-refractivity contribution is -0.121. The molecule has 1 N–H and O–H groups in total. The molecule has 0 atom stereocenters. The van der Waals surface area contributed by atoms with Crippen LogP contribution in [0.4, 0.5) is 5.13 Å². The van der Waals surface area contributed by atoms with Gasteiger partial charge in [-0.25, -0.2) is 0 Å². The summed E-state index contributed by atoms with van der Waals surface area (Å²) < 4.78 is 7.19. The van der Waals surface area contributed by atoms with Gasteiger partial charge in [-0.1, -0.05) is 37.5 Å². The fraction of sp³-hybridized carbons (Fsp3) is 0.545. The number of carbonyl (C=O) groups is 1. The number of hydrogen-bond acceptors (Lipinski definition) is 6. The lowest BCUT2D eigenvalue weighted by Crippen LogP contribution is -2.27. The molecule has 1 saturated carbocycles. The summed E-state index contributed by atoms with van der Waals surface area (Å²) in [4.78, 5) is 13.4. The van der Waals surface area contributed by atoms with Gasteiger partial charge in [0.1, 0.15) is 5.75 Å². The smallest absolute Gasteiger partial charge is 0.236 e. The normalized spacial score (nSPS) is 19.1.